The Hall–Kier alpha value is -1.98. The van der Waals surface area contributed by atoms with Gasteiger partial charge >= 0.3 is 7.12 Å². The van der Waals surface area contributed by atoms with Gasteiger partial charge in [-0.15, -0.1) is 0 Å². The molecule has 2 aromatic carbocycles. The van der Waals surface area contributed by atoms with E-state index in [4.69, 9.17) is 4.65 Å². The quantitative estimate of drug-likeness (QED) is 0.863. The lowest BCUT2D eigenvalue weighted by Gasteiger charge is -2.05. The van der Waals surface area contributed by atoms with Gasteiger partial charge in [0.05, 0.1) is 6.61 Å². The molecule has 3 nitrogen and oxygen atoms in total. The molecule has 0 unspecified atom stereocenters. The minimum absolute atomic E-state index is 0.0509. The first-order valence-corrected chi connectivity index (χ1v) is 6.79. The lowest BCUT2D eigenvalue weighted by Crippen LogP contribution is -2.28. The van der Waals surface area contributed by atoms with E-state index in [2.05, 4.69) is 0 Å². The second kappa shape index (κ2) is 5.80. The van der Waals surface area contributed by atoms with Crippen LogP contribution in [0.2, 0.25) is 0 Å². The number of rotatable bonds is 4. The van der Waals surface area contributed by atoms with E-state index in [0.29, 0.717) is 6.61 Å². The van der Waals surface area contributed by atoms with Crippen molar-refractivity contribution in [2.45, 2.75) is 19.4 Å². The van der Waals surface area contributed by atoms with Gasteiger partial charge in [-0.05, 0) is 34.3 Å². The summed E-state index contributed by atoms with van der Waals surface area (Å²) in [7, 11) is -0.896. The van der Waals surface area contributed by atoms with Crippen LogP contribution in [0.4, 0.5) is 4.39 Å². The molecule has 2 aromatic rings. The number of hydrogen-bond acceptors (Lipinski definition) is 3. The number of halogens is 1. The molecule has 21 heavy (non-hydrogen) atoms. The SMILES string of the molecule is O=C(Cc1ccc(F)cc1)Cc1ccc2c(c1)B(O)OC2. The second-order valence-corrected chi connectivity index (χ2v) is 5.22. The van der Waals surface area contributed by atoms with Crippen LogP contribution < -0.4 is 5.46 Å². The zero-order chi connectivity index (χ0) is 14.8. The Morgan fingerprint density at radius 2 is 1.81 bits per heavy atom. The maximum absolute atomic E-state index is 12.8. The highest BCUT2D eigenvalue weighted by Crippen LogP contribution is 2.13. The van der Waals surface area contributed by atoms with Crippen LogP contribution >= 0.6 is 0 Å². The van der Waals surface area contributed by atoms with Crippen LogP contribution in [0, 0.1) is 5.82 Å². The van der Waals surface area contributed by atoms with E-state index in [-0.39, 0.29) is 24.4 Å². The maximum Gasteiger partial charge on any atom is 0.491 e. The maximum atomic E-state index is 12.8. The molecule has 0 aliphatic carbocycles. The molecule has 3 rings (SSSR count). The van der Waals surface area contributed by atoms with E-state index in [1.807, 2.05) is 18.2 Å². The van der Waals surface area contributed by atoms with Gasteiger partial charge < -0.3 is 9.68 Å². The predicted molar refractivity (Wildman–Crippen MR) is 77.7 cm³/mol. The molecule has 0 atom stereocenters. The number of ketones is 1. The summed E-state index contributed by atoms with van der Waals surface area (Å²) in [6, 6.07) is 11.5. The summed E-state index contributed by atoms with van der Waals surface area (Å²) < 4.78 is 17.9. The molecule has 0 amide bonds. The number of benzene rings is 2. The number of carbonyl (C=O) groups excluding carboxylic acids is 1. The lowest BCUT2D eigenvalue weighted by molar-refractivity contribution is -0.117. The van der Waals surface area contributed by atoms with Crippen LogP contribution in [0.5, 0.6) is 0 Å². The van der Waals surface area contributed by atoms with Crippen molar-refractivity contribution in [1.29, 1.82) is 0 Å². The third-order valence-electron chi connectivity index (χ3n) is 3.59. The predicted octanol–water partition coefficient (Wildman–Crippen LogP) is 1.40. The summed E-state index contributed by atoms with van der Waals surface area (Å²) in [4.78, 5) is 12.1. The van der Waals surface area contributed by atoms with Gasteiger partial charge in [-0.25, -0.2) is 4.39 Å². The van der Waals surface area contributed by atoms with Gasteiger partial charge in [0.2, 0.25) is 0 Å². The molecule has 0 saturated heterocycles. The number of carbonyl (C=O) groups is 1. The molecular formula is C16H14BFO3. The average molecular weight is 284 g/mol. The molecule has 5 heteroatoms. The first-order valence-electron chi connectivity index (χ1n) is 6.79. The Bertz CT molecular complexity index is 670. The third-order valence-corrected chi connectivity index (χ3v) is 3.59. The Labute approximate surface area is 122 Å². The van der Waals surface area contributed by atoms with Crippen molar-refractivity contribution in [3.8, 4) is 0 Å². The molecule has 1 aliphatic heterocycles. The van der Waals surface area contributed by atoms with E-state index in [9.17, 15) is 14.2 Å². The fraction of sp³-hybridized carbons (Fsp3) is 0.188. The van der Waals surface area contributed by atoms with Gasteiger partial charge in [0.15, 0.2) is 0 Å². The molecule has 1 aliphatic rings. The van der Waals surface area contributed by atoms with Crippen molar-refractivity contribution >= 4 is 18.4 Å². The molecule has 0 fully saturated rings. The van der Waals surface area contributed by atoms with Gasteiger partial charge in [0.1, 0.15) is 11.6 Å². The van der Waals surface area contributed by atoms with Gasteiger partial charge in [0.25, 0.3) is 0 Å². The van der Waals surface area contributed by atoms with Crippen LogP contribution in [0.1, 0.15) is 16.7 Å². The minimum Gasteiger partial charge on any atom is -0.423 e. The van der Waals surface area contributed by atoms with Gasteiger partial charge in [-0.1, -0.05) is 30.3 Å². The first kappa shape index (κ1) is 14.0. The Morgan fingerprint density at radius 3 is 2.57 bits per heavy atom. The molecule has 0 radical (unpaired) electrons. The Balaban J connectivity index is 1.68. The molecule has 0 spiro atoms. The zero-order valence-electron chi connectivity index (χ0n) is 11.4. The van der Waals surface area contributed by atoms with E-state index in [1.54, 1.807) is 12.1 Å². The van der Waals surface area contributed by atoms with Crippen molar-refractivity contribution in [3.63, 3.8) is 0 Å². The molecule has 1 N–H and O–H groups in total. The summed E-state index contributed by atoms with van der Waals surface area (Å²) in [6.07, 6.45) is 0.563. The van der Waals surface area contributed by atoms with Gasteiger partial charge in [-0.2, -0.15) is 0 Å². The van der Waals surface area contributed by atoms with E-state index in [0.717, 1.165) is 22.2 Å². The second-order valence-electron chi connectivity index (χ2n) is 5.22. The normalized spacial score (nSPS) is 13.3. The van der Waals surface area contributed by atoms with Crippen molar-refractivity contribution in [2.75, 3.05) is 0 Å². The molecule has 0 saturated carbocycles. The monoisotopic (exact) mass is 284 g/mol. The van der Waals surface area contributed by atoms with Crippen LogP contribution in [0.25, 0.3) is 0 Å². The van der Waals surface area contributed by atoms with Crippen molar-refractivity contribution in [2.24, 2.45) is 0 Å². The third kappa shape index (κ3) is 3.20. The van der Waals surface area contributed by atoms with Gasteiger partial charge in [0, 0.05) is 12.8 Å². The van der Waals surface area contributed by atoms with Crippen LogP contribution in [0.3, 0.4) is 0 Å². The molecular weight excluding hydrogens is 270 g/mol. The highest BCUT2D eigenvalue weighted by atomic mass is 19.1. The van der Waals surface area contributed by atoms with Crippen molar-refractivity contribution in [3.05, 3.63) is 65.0 Å². The smallest absolute Gasteiger partial charge is 0.423 e. The Morgan fingerprint density at radius 1 is 1.14 bits per heavy atom. The fourth-order valence-corrected chi connectivity index (χ4v) is 2.49. The number of Topliss-reactive ketones (excluding diaryl/α,β-unsaturated/α-hetero) is 1. The van der Waals surface area contributed by atoms with Crippen LogP contribution in [-0.4, -0.2) is 17.9 Å². The zero-order valence-corrected chi connectivity index (χ0v) is 11.4. The van der Waals surface area contributed by atoms with E-state index < -0.39 is 7.12 Å². The van der Waals surface area contributed by atoms with Crippen LogP contribution in [0.15, 0.2) is 42.5 Å². The largest absolute Gasteiger partial charge is 0.491 e. The molecule has 0 aromatic heterocycles. The summed E-state index contributed by atoms with van der Waals surface area (Å²) in [5.41, 5.74) is 3.34. The molecule has 0 bridgehead atoms. The number of fused-ring (bicyclic) bond motifs is 1. The minimum atomic E-state index is -0.896. The topological polar surface area (TPSA) is 46.5 Å². The van der Waals surface area contributed by atoms with Crippen molar-refractivity contribution < 1.29 is 18.9 Å². The number of hydrogen-bond donors (Lipinski definition) is 1. The molecule has 106 valence electrons. The highest BCUT2D eigenvalue weighted by Gasteiger charge is 2.27. The van der Waals surface area contributed by atoms with Gasteiger partial charge in [-0.3, -0.25) is 4.79 Å². The lowest BCUT2D eigenvalue weighted by atomic mass is 9.78. The standard InChI is InChI=1S/C16H14BFO3/c18-14-5-2-11(3-6-14)7-15(19)8-12-1-4-13-10-21-17(20)16(13)9-12/h1-6,9,20H,7-8,10H2. The molecule has 1 heterocycles. The first-order chi connectivity index (χ1) is 10.1. The fourth-order valence-electron chi connectivity index (χ4n) is 2.49. The summed E-state index contributed by atoms with van der Waals surface area (Å²) in [6.45, 7) is 0.403. The van der Waals surface area contributed by atoms with Crippen LogP contribution in [-0.2, 0) is 28.9 Å². The Kier molecular flexibility index (Phi) is 3.86. The van der Waals surface area contributed by atoms with E-state index in [1.165, 1.54) is 12.1 Å². The average Bonchev–Trinajstić information content (AvgIpc) is 2.83. The summed E-state index contributed by atoms with van der Waals surface area (Å²) in [5.74, 6) is -0.256. The van der Waals surface area contributed by atoms with E-state index >= 15 is 0 Å². The highest BCUT2D eigenvalue weighted by molar-refractivity contribution is 6.61. The summed E-state index contributed by atoms with van der Waals surface area (Å²) >= 11 is 0. The summed E-state index contributed by atoms with van der Waals surface area (Å²) in [5, 5.41) is 9.66. The van der Waals surface area contributed by atoms with Crippen molar-refractivity contribution in [1.82, 2.24) is 0 Å².